The van der Waals surface area contributed by atoms with Gasteiger partial charge in [0.15, 0.2) is 5.79 Å². The lowest BCUT2D eigenvalue weighted by Crippen LogP contribution is -2.42. The lowest BCUT2D eigenvalue weighted by Gasteiger charge is -2.43. The van der Waals surface area contributed by atoms with Crippen molar-refractivity contribution in [3.63, 3.8) is 0 Å². The molecule has 0 aromatic carbocycles. The zero-order chi connectivity index (χ0) is 57.0. The Morgan fingerprint density at radius 2 is 1.12 bits per heavy atom. The molecule has 0 aromatic heterocycles. The minimum Gasteiger partial charge on any atom is -0.340 e. The van der Waals surface area contributed by atoms with Crippen molar-refractivity contribution in [2.75, 3.05) is 0 Å². The standard InChI is InChI=1S/C74H112O2/c1-53(2)60(10)42-44-63(13)62(12)41-38-57(7)35-27-37-70-73(22,50-48-65(15)64(14)45-43-61(11)54(3)4)76-74(75-70)52-51-72(20,21)69(67(74)17)47-40-59(9)34-26-32-56(6)30-24-23-29-55(5)31-25-33-58(8)39-46-68-66(16)36-28-49-71(68,18)19/h23-26,29-36,39-40,46-47,60-62,65,68,70H,1,3,13-14,27-28,37-38,41-45,48-52H2,2,4-12,15-22H3. The molecule has 0 aromatic rings. The largest absolute Gasteiger partial charge is 0.340 e. The minimum atomic E-state index is -0.740. The van der Waals surface area contributed by atoms with Gasteiger partial charge in [-0.25, -0.2) is 0 Å². The lowest BCUT2D eigenvalue weighted by atomic mass is 9.68. The van der Waals surface area contributed by atoms with Gasteiger partial charge < -0.3 is 9.47 Å². The zero-order valence-corrected chi connectivity index (χ0v) is 52.2. The number of rotatable bonds is 29. The molecule has 8 atom stereocenters. The molecule has 3 aliphatic rings. The van der Waals surface area contributed by atoms with E-state index in [1.54, 1.807) is 0 Å². The van der Waals surface area contributed by atoms with Gasteiger partial charge in [-0.3, -0.25) is 0 Å². The summed E-state index contributed by atoms with van der Waals surface area (Å²) in [4.78, 5) is 0. The van der Waals surface area contributed by atoms with Crippen LogP contribution >= 0.6 is 0 Å². The third-order valence-corrected chi connectivity index (χ3v) is 18.0. The molecule has 0 amide bonds. The van der Waals surface area contributed by atoms with Crippen LogP contribution in [0.3, 0.4) is 0 Å². The van der Waals surface area contributed by atoms with E-state index in [-0.39, 0.29) is 11.5 Å². The molecule has 2 aliphatic carbocycles. The molecule has 2 heteroatoms. The Morgan fingerprint density at radius 1 is 0.618 bits per heavy atom. The van der Waals surface area contributed by atoms with Crippen LogP contribution in [0.15, 0.2) is 190 Å². The first-order valence-electron chi connectivity index (χ1n) is 29.7. The third kappa shape index (κ3) is 21.2. The van der Waals surface area contributed by atoms with Crippen molar-refractivity contribution >= 4 is 0 Å². The lowest BCUT2D eigenvalue weighted by molar-refractivity contribution is -0.174. The van der Waals surface area contributed by atoms with E-state index in [1.807, 2.05) is 0 Å². The molecule has 1 heterocycles. The maximum absolute atomic E-state index is 7.47. The Bertz CT molecular complexity index is 2370. The van der Waals surface area contributed by atoms with Crippen molar-refractivity contribution in [2.45, 2.75) is 232 Å². The van der Waals surface area contributed by atoms with Crippen molar-refractivity contribution in [1.82, 2.24) is 0 Å². The second-order valence-corrected chi connectivity index (χ2v) is 26.0. The van der Waals surface area contributed by atoms with Gasteiger partial charge in [0.25, 0.3) is 0 Å². The predicted molar refractivity (Wildman–Crippen MR) is 338 cm³/mol. The normalized spacial score (nSPS) is 25.7. The van der Waals surface area contributed by atoms with Crippen LogP contribution < -0.4 is 0 Å². The minimum absolute atomic E-state index is 0.00814. The fourth-order valence-corrected chi connectivity index (χ4v) is 11.0. The average Bonchev–Trinajstić information content (AvgIpc) is 3.64. The smallest absolute Gasteiger partial charge is 0.192 e. The maximum atomic E-state index is 7.47. The van der Waals surface area contributed by atoms with Gasteiger partial charge in [0.2, 0.25) is 0 Å². The SMILES string of the molecule is C=C(C)C(C)CCC(=C)C(C)CCC(C)=CCCC1OC2(CCC(C)(C)C(C=CC(C)=CC=CC(C)=CC=CC=C(C)C=CC=C(C)C=CC3C(C)=CCCC3(C)C)=C2C)OC1(C)CCC(C)C(=C)CCC(C)C(=C)C. The van der Waals surface area contributed by atoms with Gasteiger partial charge in [0.1, 0.15) is 0 Å². The van der Waals surface area contributed by atoms with Gasteiger partial charge >= 0.3 is 0 Å². The van der Waals surface area contributed by atoms with Gasteiger partial charge in [0, 0.05) is 12.3 Å². The molecule has 1 saturated heterocycles. The van der Waals surface area contributed by atoms with Crippen molar-refractivity contribution in [2.24, 2.45) is 40.4 Å². The van der Waals surface area contributed by atoms with E-state index < -0.39 is 11.4 Å². The van der Waals surface area contributed by atoms with E-state index in [0.29, 0.717) is 35.0 Å². The summed E-state index contributed by atoms with van der Waals surface area (Å²) in [6.45, 7) is 58.4. The fraction of sp³-hybridized carbons (Fsp3) is 0.568. The highest BCUT2D eigenvalue weighted by atomic mass is 16.8. The van der Waals surface area contributed by atoms with Gasteiger partial charge in [-0.2, -0.15) is 0 Å². The first-order chi connectivity index (χ1) is 35.5. The Morgan fingerprint density at radius 3 is 1.66 bits per heavy atom. The molecule has 76 heavy (non-hydrogen) atoms. The molecule has 8 unspecified atom stereocenters. The Labute approximate surface area is 470 Å². The van der Waals surface area contributed by atoms with Crippen LogP contribution in [-0.4, -0.2) is 17.5 Å². The summed E-state index contributed by atoms with van der Waals surface area (Å²) in [5.41, 5.74) is 15.5. The monoisotopic (exact) mass is 1030 g/mol. The van der Waals surface area contributed by atoms with Gasteiger partial charge in [-0.15, -0.1) is 0 Å². The number of hydrogen-bond acceptors (Lipinski definition) is 2. The highest BCUT2D eigenvalue weighted by molar-refractivity contribution is 5.41. The van der Waals surface area contributed by atoms with Crippen molar-refractivity contribution in [3.05, 3.63) is 190 Å². The molecular weight excluding hydrogens is 921 g/mol. The van der Waals surface area contributed by atoms with Crippen LogP contribution in [0, 0.1) is 40.4 Å². The molecule has 420 valence electrons. The predicted octanol–water partition coefficient (Wildman–Crippen LogP) is 22.6. The van der Waals surface area contributed by atoms with Crippen molar-refractivity contribution in [1.29, 1.82) is 0 Å². The summed E-state index contributed by atoms with van der Waals surface area (Å²) in [5.74, 6) is 1.74. The molecule has 0 radical (unpaired) electrons. The van der Waals surface area contributed by atoms with Crippen molar-refractivity contribution in [3.8, 4) is 0 Å². The number of ether oxygens (including phenoxy) is 2. The van der Waals surface area contributed by atoms with Gasteiger partial charge in [-0.05, 0) is 198 Å². The van der Waals surface area contributed by atoms with E-state index in [2.05, 4.69) is 248 Å². The molecule has 0 bridgehead atoms. The Kier molecular flexibility index (Phi) is 26.8. The van der Waals surface area contributed by atoms with Crippen molar-refractivity contribution < 1.29 is 9.47 Å². The van der Waals surface area contributed by atoms with Crippen LogP contribution in [-0.2, 0) is 9.47 Å². The summed E-state index contributed by atoms with van der Waals surface area (Å²) < 4.78 is 14.9. The second-order valence-electron chi connectivity index (χ2n) is 26.0. The summed E-state index contributed by atoms with van der Waals surface area (Å²) >= 11 is 0. The highest BCUT2D eigenvalue weighted by Crippen LogP contribution is 2.55. The molecule has 0 saturated carbocycles. The molecule has 1 fully saturated rings. The maximum Gasteiger partial charge on any atom is 0.192 e. The third-order valence-electron chi connectivity index (χ3n) is 18.0. The van der Waals surface area contributed by atoms with E-state index in [0.717, 1.165) is 77.0 Å². The van der Waals surface area contributed by atoms with E-state index in [9.17, 15) is 0 Å². The number of hydrogen-bond donors (Lipinski definition) is 0. The van der Waals surface area contributed by atoms with Crippen LogP contribution in [0.5, 0.6) is 0 Å². The first-order valence-corrected chi connectivity index (χ1v) is 29.7. The first kappa shape index (κ1) is 66.0. The molecule has 0 N–H and O–H groups in total. The molecular formula is C74H112O2. The quantitative estimate of drug-likeness (QED) is 0.0549. The number of allylic oxidation sites excluding steroid dienone is 27. The topological polar surface area (TPSA) is 18.5 Å². The van der Waals surface area contributed by atoms with E-state index in [4.69, 9.17) is 9.47 Å². The molecule has 3 rings (SSSR count). The second kappa shape index (κ2) is 30.8. The van der Waals surface area contributed by atoms with E-state index in [1.165, 1.54) is 79.7 Å². The zero-order valence-electron chi connectivity index (χ0n) is 52.2. The summed E-state index contributed by atoms with van der Waals surface area (Å²) in [6, 6.07) is 0. The molecule has 2 nitrogen and oxygen atoms in total. The fourth-order valence-electron chi connectivity index (χ4n) is 11.0. The Hall–Kier alpha value is -4.24. The van der Waals surface area contributed by atoms with Gasteiger partial charge in [0.05, 0.1) is 11.7 Å². The summed E-state index contributed by atoms with van der Waals surface area (Å²) in [5, 5.41) is 0. The highest BCUT2D eigenvalue weighted by Gasteiger charge is 2.57. The van der Waals surface area contributed by atoms with Gasteiger partial charge in [-0.1, -0.05) is 235 Å². The van der Waals surface area contributed by atoms with Crippen LogP contribution in [0.1, 0.15) is 215 Å². The molecule has 1 spiro atoms. The van der Waals surface area contributed by atoms with Crippen LogP contribution in [0.4, 0.5) is 0 Å². The van der Waals surface area contributed by atoms with Crippen LogP contribution in [0.25, 0.3) is 0 Å². The Balaban J connectivity index is 1.74. The summed E-state index contributed by atoms with van der Waals surface area (Å²) in [6.07, 6.45) is 50.5. The van der Waals surface area contributed by atoms with E-state index >= 15 is 0 Å². The molecule has 1 aliphatic heterocycles. The van der Waals surface area contributed by atoms with Crippen LogP contribution in [0.2, 0.25) is 0 Å². The average molecular weight is 1030 g/mol. The summed E-state index contributed by atoms with van der Waals surface area (Å²) in [7, 11) is 0.